The first-order valence-electron chi connectivity index (χ1n) is 10.2. The van der Waals surface area contributed by atoms with Crippen LogP contribution in [0.3, 0.4) is 0 Å². The summed E-state index contributed by atoms with van der Waals surface area (Å²) in [7, 11) is 0. The Hall–Kier alpha value is -2.27. The molecule has 1 aliphatic heterocycles. The number of hydrogen-bond acceptors (Lipinski definition) is 4. The second-order valence-corrected chi connectivity index (χ2v) is 8.87. The third-order valence-electron chi connectivity index (χ3n) is 5.69. The van der Waals surface area contributed by atoms with E-state index in [0.29, 0.717) is 18.8 Å². The van der Waals surface area contributed by atoms with Crippen LogP contribution in [-0.2, 0) is 18.3 Å². The lowest BCUT2D eigenvalue weighted by Crippen LogP contribution is -2.43. The molecule has 1 aliphatic rings. The van der Waals surface area contributed by atoms with E-state index in [1.807, 2.05) is 11.8 Å². The van der Waals surface area contributed by atoms with Crippen LogP contribution in [0.5, 0.6) is 0 Å². The van der Waals surface area contributed by atoms with Gasteiger partial charge >= 0.3 is 0 Å². The fraction of sp³-hybridized carbons (Fsp3) is 0.522. The molecule has 0 atom stereocenters. The smallest absolute Gasteiger partial charge is 0.272 e. The number of piperidine rings is 1. The van der Waals surface area contributed by atoms with E-state index in [-0.39, 0.29) is 17.4 Å². The van der Waals surface area contributed by atoms with Crippen LogP contribution in [0.1, 0.15) is 66.5 Å². The molecular weight excluding hydrogens is 348 g/mol. The Morgan fingerprint density at radius 3 is 2.36 bits per heavy atom. The summed E-state index contributed by atoms with van der Waals surface area (Å²) in [4.78, 5) is 23.5. The molecule has 2 N–H and O–H groups in total. The molecule has 2 aromatic rings. The summed E-state index contributed by atoms with van der Waals surface area (Å²) in [5, 5.41) is 0. The maximum Gasteiger partial charge on any atom is 0.272 e. The van der Waals surface area contributed by atoms with Crippen molar-refractivity contribution < 1.29 is 4.79 Å². The molecule has 3 rings (SSSR count). The maximum atomic E-state index is 12.9. The second-order valence-electron chi connectivity index (χ2n) is 8.87. The fourth-order valence-electron chi connectivity index (χ4n) is 3.64. The van der Waals surface area contributed by atoms with Gasteiger partial charge in [-0.25, -0.2) is 9.97 Å². The van der Waals surface area contributed by atoms with Crippen LogP contribution in [0.15, 0.2) is 30.6 Å². The van der Waals surface area contributed by atoms with Gasteiger partial charge in [0.25, 0.3) is 5.91 Å². The van der Waals surface area contributed by atoms with Gasteiger partial charge in [-0.15, -0.1) is 0 Å². The van der Waals surface area contributed by atoms with Crippen LogP contribution in [0, 0.1) is 6.92 Å². The Morgan fingerprint density at radius 2 is 1.75 bits per heavy atom. The van der Waals surface area contributed by atoms with E-state index >= 15 is 0 Å². The second kappa shape index (κ2) is 8.39. The van der Waals surface area contributed by atoms with Crippen molar-refractivity contribution in [2.24, 2.45) is 5.73 Å². The van der Waals surface area contributed by atoms with E-state index < -0.39 is 0 Å². The van der Waals surface area contributed by atoms with Crippen LogP contribution in [0.4, 0.5) is 0 Å². The Kier molecular flexibility index (Phi) is 6.14. The van der Waals surface area contributed by atoms with E-state index in [1.165, 1.54) is 17.5 Å². The van der Waals surface area contributed by atoms with Gasteiger partial charge in [-0.1, -0.05) is 45.0 Å². The summed E-state index contributed by atoms with van der Waals surface area (Å²) < 4.78 is 0. The van der Waals surface area contributed by atoms with E-state index in [1.54, 1.807) is 0 Å². The van der Waals surface area contributed by atoms with Crippen molar-refractivity contribution in [1.82, 2.24) is 14.9 Å². The number of aromatic nitrogens is 2. The summed E-state index contributed by atoms with van der Waals surface area (Å²) in [6.07, 6.45) is 4.93. The van der Waals surface area contributed by atoms with Crippen molar-refractivity contribution in [2.45, 2.75) is 64.8 Å². The largest absolute Gasteiger partial charge is 0.337 e. The predicted octanol–water partition coefficient (Wildman–Crippen LogP) is 3.43. The molecule has 0 unspecified atom stereocenters. The first-order chi connectivity index (χ1) is 13.3. The number of hydrogen-bond donors (Lipinski definition) is 1. The first-order valence-corrected chi connectivity index (χ1v) is 10.2. The van der Waals surface area contributed by atoms with Crippen molar-refractivity contribution in [3.63, 3.8) is 0 Å². The molecule has 0 saturated carbocycles. The normalized spacial score (nSPS) is 15.7. The van der Waals surface area contributed by atoms with Crippen LogP contribution >= 0.6 is 0 Å². The van der Waals surface area contributed by atoms with Gasteiger partial charge in [0, 0.05) is 30.4 Å². The standard InChI is InChI=1S/C23H32N4O/c1-16-20(10-7-17-5-8-18(9-6-17)23(2,3)4)25-15-26-21(16)22(28)27-13-11-19(24)12-14-27/h5-6,8-9,15,19H,7,10-14,24H2,1-4H3. The average Bonchev–Trinajstić information content (AvgIpc) is 2.67. The van der Waals surface area contributed by atoms with Gasteiger partial charge in [-0.05, 0) is 49.1 Å². The lowest BCUT2D eigenvalue weighted by atomic mass is 9.86. The van der Waals surface area contributed by atoms with Crippen LogP contribution in [0.25, 0.3) is 0 Å². The molecule has 2 heterocycles. The molecule has 0 radical (unpaired) electrons. The van der Waals surface area contributed by atoms with E-state index in [9.17, 15) is 4.79 Å². The lowest BCUT2D eigenvalue weighted by Gasteiger charge is -2.30. The molecule has 150 valence electrons. The Morgan fingerprint density at radius 1 is 1.11 bits per heavy atom. The highest BCUT2D eigenvalue weighted by Crippen LogP contribution is 2.23. The van der Waals surface area contributed by atoms with E-state index in [0.717, 1.165) is 36.9 Å². The average molecular weight is 381 g/mol. The summed E-state index contributed by atoms with van der Waals surface area (Å²) in [5.41, 5.74) is 11.1. The molecule has 1 saturated heterocycles. The van der Waals surface area contributed by atoms with Gasteiger partial charge < -0.3 is 10.6 Å². The predicted molar refractivity (Wildman–Crippen MR) is 112 cm³/mol. The van der Waals surface area contributed by atoms with E-state index in [2.05, 4.69) is 55.0 Å². The number of carbonyl (C=O) groups is 1. The quantitative estimate of drug-likeness (QED) is 0.882. The minimum absolute atomic E-state index is 0.00239. The van der Waals surface area contributed by atoms with Crippen molar-refractivity contribution in [3.05, 3.63) is 58.7 Å². The van der Waals surface area contributed by atoms with Gasteiger partial charge in [0.05, 0.1) is 0 Å². The highest BCUT2D eigenvalue weighted by molar-refractivity contribution is 5.93. The SMILES string of the molecule is Cc1c(CCc2ccc(C(C)(C)C)cc2)ncnc1C(=O)N1CCC(N)CC1. The first kappa shape index (κ1) is 20.5. The van der Waals surface area contributed by atoms with Crippen molar-refractivity contribution in [3.8, 4) is 0 Å². The van der Waals surface area contributed by atoms with Gasteiger partial charge in [-0.2, -0.15) is 0 Å². The van der Waals surface area contributed by atoms with Gasteiger partial charge in [0.2, 0.25) is 0 Å². The van der Waals surface area contributed by atoms with Gasteiger partial charge in [0.15, 0.2) is 0 Å². The van der Waals surface area contributed by atoms with Gasteiger partial charge in [0.1, 0.15) is 12.0 Å². The molecule has 28 heavy (non-hydrogen) atoms. The van der Waals surface area contributed by atoms with Crippen molar-refractivity contribution >= 4 is 5.91 Å². The van der Waals surface area contributed by atoms with Gasteiger partial charge in [-0.3, -0.25) is 4.79 Å². The lowest BCUT2D eigenvalue weighted by molar-refractivity contribution is 0.0707. The number of rotatable bonds is 4. The van der Waals surface area contributed by atoms with Crippen LogP contribution < -0.4 is 5.73 Å². The number of benzene rings is 1. The number of nitrogens with two attached hydrogens (primary N) is 1. The summed E-state index contributed by atoms with van der Waals surface area (Å²) >= 11 is 0. The Bertz CT molecular complexity index is 815. The Balaban J connectivity index is 1.68. The molecule has 5 nitrogen and oxygen atoms in total. The number of nitrogens with zero attached hydrogens (tertiary/aromatic N) is 3. The van der Waals surface area contributed by atoms with Crippen molar-refractivity contribution in [1.29, 1.82) is 0 Å². The minimum atomic E-state index is 0.00239. The topological polar surface area (TPSA) is 72.1 Å². The molecule has 0 spiro atoms. The Labute approximate surface area is 168 Å². The molecule has 1 aromatic carbocycles. The van der Waals surface area contributed by atoms with E-state index in [4.69, 9.17) is 5.73 Å². The zero-order valence-electron chi connectivity index (χ0n) is 17.5. The maximum absolute atomic E-state index is 12.9. The molecule has 5 heteroatoms. The number of likely N-dealkylation sites (tertiary alicyclic amines) is 1. The molecule has 1 amide bonds. The zero-order valence-corrected chi connectivity index (χ0v) is 17.5. The number of carbonyl (C=O) groups excluding carboxylic acids is 1. The van der Waals surface area contributed by atoms with Crippen LogP contribution in [-0.4, -0.2) is 39.9 Å². The molecule has 0 bridgehead atoms. The molecule has 1 fully saturated rings. The van der Waals surface area contributed by atoms with Crippen molar-refractivity contribution in [2.75, 3.05) is 13.1 Å². The molecule has 1 aromatic heterocycles. The zero-order chi connectivity index (χ0) is 20.3. The summed E-state index contributed by atoms with van der Waals surface area (Å²) in [6, 6.07) is 9.01. The molecule has 0 aliphatic carbocycles. The third-order valence-corrected chi connectivity index (χ3v) is 5.69. The highest BCUT2D eigenvalue weighted by Gasteiger charge is 2.24. The third kappa shape index (κ3) is 4.76. The summed E-state index contributed by atoms with van der Waals surface area (Å²) in [5.74, 6) is 0.00239. The fourth-order valence-corrected chi connectivity index (χ4v) is 3.64. The number of amides is 1. The molecular formula is C23H32N4O. The highest BCUT2D eigenvalue weighted by atomic mass is 16.2. The van der Waals surface area contributed by atoms with Crippen LogP contribution in [0.2, 0.25) is 0 Å². The number of aryl methyl sites for hydroxylation is 2. The summed E-state index contributed by atoms with van der Waals surface area (Å²) in [6.45, 7) is 10.0. The monoisotopic (exact) mass is 380 g/mol. The minimum Gasteiger partial charge on any atom is -0.337 e.